The number of aliphatic hydroxyl groups is 3. The quantitative estimate of drug-likeness (QED) is 0.191. The second kappa shape index (κ2) is 41.5. The molecule has 0 aliphatic carbocycles. The van der Waals surface area contributed by atoms with Crippen molar-refractivity contribution in [2.75, 3.05) is 117 Å². The summed E-state index contributed by atoms with van der Waals surface area (Å²) in [5.74, 6) is 66.9. The number of piperidine rings is 3. The number of ether oxygens (including phenoxy) is 2. The van der Waals surface area contributed by atoms with Crippen molar-refractivity contribution in [3.63, 3.8) is 0 Å². The third-order valence-corrected chi connectivity index (χ3v) is 13.5. The summed E-state index contributed by atoms with van der Waals surface area (Å²) >= 11 is 3.00. The molecule has 0 bridgehead atoms. The Morgan fingerprint density at radius 2 is 0.807 bits per heavy atom. The zero-order chi connectivity index (χ0) is 61.0. The molecule has 3 atom stereocenters. The van der Waals surface area contributed by atoms with Crippen LogP contribution in [0.3, 0.4) is 0 Å². The lowest BCUT2D eigenvalue weighted by atomic mass is 9.79. The fourth-order valence-electron chi connectivity index (χ4n) is 9.79. The van der Waals surface area contributed by atoms with Gasteiger partial charge in [-0.05, 0) is 233 Å². The number of aliphatic hydroxyl groups excluding tert-OH is 3. The Morgan fingerprint density at radius 1 is 0.470 bits per heavy atom. The second-order valence-corrected chi connectivity index (χ2v) is 22.9. The number of nitrogens with zero attached hydrogens (tertiary/aromatic N) is 4. The maximum atomic E-state index is 12.1. The number of alkyl halides is 1. The Labute approximate surface area is 506 Å². The fourth-order valence-corrected chi connectivity index (χ4v) is 9.79. The number of carbonyl (C=O) groups excluding carboxylic acids is 2. The van der Waals surface area contributed by atoms with Crippen molar-refractivity contribution in [1.29, 1.82) is 0 Å². The van der Waals surface area contributed by atoms with Crippen molar-refractivity contribution < 1.29 is 34.4 Å². The van der Waals surface area contributed by atoms with E-state index in [1.54, 1.807) is 6.92 Å². The van der Waals surface area contributed by atoms with Crippen LogP contribution in [0.4, 0.5) is 9.59 Å². The smallest absolute Gasteiger partial charge is 0.410 e. The van der Waals surface area contributed by atoms with Crippen LogP contribution in [0.1, 0.15) is 106 Å². The van der Waals surface area contributed by atoms with Crippen molar-refractivity contribution in [3.8, 4) is 166 Å². The topological polar surface area (TPSA) is 150 Å². The van der Waals surface area contributed by atoms with Gasteiger partial charge < -0.3 is 55.0 Å². The number of nitrogens with one attached hydrogen (secondary N) is 2. The van der Waals surface area contributed by atoms with Crippen molar-refractivity contribution in [3.05, 3.63) is 0 Å². The van der Waals surface area contributed by atoms with Gasteiger partial charge in [-0.3, -0.25) is 0 Å². The number of halogens is 1. The first-order valence-electron chi connectivity index (χ1n) is 28.0. The average molecular weight is 1190 g/mol. The van der Waals surface area contributed by atoms with Gasteiger partial charge in [0.05, 0.1) is 19.8 Å². The van der Waals surface area contributed by atoms with Crippen LogP contribution in [0.25, 0.3) is 0 Å². The summed E-state index contributed by atoms with van der Waals surface area (Å²) < 4.78 is 10.9. The summed E-state index contributed by atoms with van der Waals surface area (Å²) in [5, 5.41) is 33.4. The van der Waals surface area contributed by atoms with Gasteiger partial charge >= 0.3 is 12.2 Å². The first-order chi connectivity index (χ1) is 39.9. The summed E-state index contributed by atoms with van der Waals surface area (Å²) in [6.45, 7) is 27.8. The average Bonchev–Trinajstić information content (AvgIpc) is 3.79. The molecule has 6 heterocycles. The second-order valence-electron chi connectivity index (χ2n) is 22.1. The predicted molar refractivity (Wildman–Crippen MR) is 334 cm³/mol. The van der Waals surface area contributed by atoms with Crippen LogP contribution in [0.15, 0.2) is 0 Å². The highest BCUT2D eigenvalue weighted by Gasteiger charge is 2.44. The zero-order valence-corrected chi connectivity index (χ0v) is 51.4. The zero-order valence-electron chi connectivity index (χ0n) is 49.8. The number of hydrogen-bond donors (Lipinski definition) is 5. The Kier molecular flexibility index (Phi) is 35.9. The molecule has 0 aromatic rings. The summed E-state index contributed by atoms with van der Waals surface area (Å²) in [6, 6.07) is 0. The van der Waals surface area contributed by atoms with Crippen LogP contribution in [0.5, 0.6) is 0 Å². The molecule has 5 N–H and O–H groups in total. The van der Waals surface area contributed by atoms with Crippen molar-refractivity contribution in [2.45, 2.75) is 117 Å². The lowest BCUT2D eigenvalue weighted by Crippen LogP contribution is -2.46. The Morgan fingerprint density at radius 3 is 1.16 bits per heavy atom. The van der Waals surface area contributed by atoms with Gasteiger partial charge in [0, 0.05) is 141 Å². The van der Waals surface area contributed by atoms with Crippen molar-refractivity contribution >= 4 is 28.1 Å². The van der Waals surface area contributed by atoms with Gasteiger partial charge in [-0.2, -0.15) is 0 Å². The largest absolute Gasteiger partial charge is 0.444 e. The predicted octanol–water partition coefficient (Wildman–Crippen LogP) is 4.81. The lowest BCUT2D eigenvalue weighted by molar-refractivity contribution is 0.0229. The van der Waals surface area contributed by atoms with Crippen molar-refractivity contribution in [2.24, 2.45) is 16.2 Å². The molecular formula is C69H81BrN6O7. The molecule has 0 radical (unpaired) electrons. The lowest BCUT2D eigenvalue weighted by Gasteiger charge is -2.40. The van der Waals surface area contributed by atoms with E-state index in [-0.39, 0.29) is 30.8 Å². The number of β-amino-alcohol motifs (C(OH)–C–C–N with tert-alkyl or cyclic N) is 2. The van der Waals surface area contributed by atoms with E-state index >= 15 is 0 Å². The molecule has 6 aliphatic heterocycles. The monoisotopic (exact) mass is 1180 g/mol. The third kappa shape index (κ3) is 33.3. The SMILES string of the molecule is C#CC#CC#CC#CC#CC#CC#CC#CC#CC#CC#CC#CC#CC#CC.CC(C)(C)OC(=O)N1CCC2(CCCN(CCO)C2)C1.CC(C)(C)OC(=O)N1CCC2(CCCNC2)C1.OCCBr.OCCN1CCCC2(CCNC2)C1. The molecule has 6 saturated heterocycles. The molecule has 436 valence electrons. The first kappa shape index (κ1) is 71.7. The molecule has 13 nitrogen and oxygen atoms in total. The van der Waals surface area contributed by atoms with Crippen LogP contribution >= 0.6 is 15.9 Å². The molecule has 6 rings (SSSR count). The minimum atomic E-state index is -0.428. The van der Waals surface area contributed by atoms with E-state index in [4.69, 9.17) is 31.2 Å². The van der Waals surface area contributed by atoms with E-state index in [2.05, 4.69) is 196 Å². The maximum absolute atomic E-state index is 12.1. The minimum Gasteiger partial charge on any atom is -0.444 e. The highest BCUT2D eigenvalue weighted by molar-refractivity contribution is 9.09. The molecule has 0 saturated carbocycles. The Balaban J connectivity index is 0.000000382. The number of terminal acetylenes is 1. The molecule has 2 amide bonds. The van der Waals surface area contributed by atoms with E-state index in [1.165, 1.54) is 64.7 Å². The van der Waals surface area contributed by atoms with Gasteiger partial charge in [-0.25, -0.2) is 9.59 Å². The van der Waals surface area contributed by atoms with Gasteiger partial charge in [-0.15, -0.1) is 6.42 Å². The van der Waals surface area contributed by atoms with E-state index in [0.717, 1.165) is 84.7 Å². The van der Waals surface area contributed by atoms with E-state index in [0.29, 0.717) is 22.8 Å². The third-order valence-electron chi connectivity index (χ3n) is 13.2. The van der Waals surface area contributed by atoms with Gasteiger partial charge in [0.15, 0.2) is 0 Å². The number of carbonyl (C=O) groups is 2. The van der Waals surface area contributed by atoms with Crippen LogP contribution < -0.4 is 10.6 Å². The maximum Gasteiger partial charge on any atom is 0.410 e. The van der Waals surface area contributed by atoms with Crippen LogP contribution in [0.2, 0.25) is 0 Å². The van der Waals surface area contributed by atoms with Gasteiger partial charge in [-0.1, -0.05) is 21.9 Å². The summed E-state index contributed by atoms with van der Waals surface area (Å²) in [7, 11) is 0. The Hall–Kier alpha value is -7.42. The molecule has 14 heteroatoms. The summed E-state index contributed by atoms with van der Waals surface area (Å²) in [5.41, 5.74) is 0.257. The van der Waals surface area contributed by atoms with Gasteiger partial charge in [0.25, 0.3) is 0 Å². The van der Waals surface area contributed by atoms with Crippen LogP contribution in [-0.4, -0.2) is 175 Å². The summed E-state index contributed by atoms with van der Waals surface area (Å²) in [4.78, 5) is 32.6. The highest BCUT2D eigenvalue weighted by atomic mass is 79.9. The fraction of sp³-hybridized carbons (Fsp3) is 0.565. The van der Waals surface area contributed by atoms with E-state index < -0.39 is 11.2 Å². The standard InChI is InChI=1S/C29H4.C15H28N2O3.C13H24N2O2.C10H20N2O.C2H5BrO/c1-3-5-7-9-11-13-15-17-19-21-23-25-27-29-28-26-24-22-20-18-16-14-12-10-8-6-4-2;1-14(2,3)20-13(19)17-8-6-15(12-17)5-4-7-16(11-15)9-10-18;1-12(2,3)17-11(16)15-8-6-13(10-15)5-4-7-14-9-13;13-7-6-12-5-1-2-10(9-12)3-4-11-8-10;3-1-2-4/h1H,2H3;18H,4-12H2,1-3H3;14H,4-10H2,1-3H3;11,13H,1-9H2;4H,1-2H2. The Bertz CT molecular complexity index is 3030. The molecule has 0 aromatic carbocycles. The van der Waals surface area contributed by atoms with E-state index in [1.807, 2.05) is 51.3 Å². The number of hydrogen-bond acceptors (Lipinski definition) is 11. The molecule has 83 heavy (non-hydrogen) atoms. The molecular weight excluding hydrogens is 1100 g/mol. The van der Waals surface area contributed by atoms with Crippen molar-refractivity contribution in [1.82, 2.24) is 30.2 Å². The summed E-state index contributed by atoms with van der Waals surface area (Å²) in [6.07, 6.45) is 15.5. The molecule has 6 aliphatic rings. The number of rotatable bonds is 5. The molecule has 6 fully saturated rings. The first-order valence-corrected chi connectivity index (χ1v) is 29.1. The van der Waals surface area contributed by atoms with Crippen LogP contribution in [0, 0.1) is 183 Å². The highest BCUT2D eigenvalue weighted by Crippen LogP contribution is 2.40. The molecule has 3 spiro atoms. The van der Waals surface area contributed by atoms with E-state index in [9.17, 15) is 9.59 Å². The minimum absolute atomic E-state index is 0.153. The molecule has 3 unspecified atom stereocenters. The molecule has 0 aromatic heterocycles. The van der Waals surface area contributed by atoms with Gasteiger partial charge in [0.1, 0.15) is 11.2 Å². The van der Waals surface area contributed by atoms with Crippen LogP contribution in [-0.2, 0) is 9.47 Å². The normalized spacial score (nSPS) is 20.2. The van der Waals surface area contributed by atoms with Gasteiger partial charge in [0.2, 0.25) is 0 Å². The number of amides is 2. The number of likely N-dealkylation sites (tertiary alicyclic amines) is 4.